The lowest BCUT2D eigenvalue weighted by Crippen LogP contribution is -2.37. The quantitative estimate of drug-likeness (QED) is 0.408. The smallest absolute Gasteiger partial charge is 0.00461 e. The van der Waals surface area contributed by atoms with Crippen molar-refractivity contribution in [2.75, 3.05) is 13.1 Å². The van der Waals surface area contributed by atoms with Crippen LogP contribution in [0.2, 0.25) is 0 Å². The molecule has 0 radical (unpaired) electrons. The first kappa shape index (κ1) is 16.8. The van der Waals surface area contributed by atoms with Gasteiger partial charge in [0.2, 0.25) is 0 Å². The summed E-state index contributed by atoms with van der Waals surface area (Å²) in [6, 6.07) is 0. The van der Waals surface area contributed by atoms with Crippen LogP contribution in [0.25, 0.3) is 0 Å². The summed E-state index contributed by atoms with van der Waals surface area (Å²) in [5, 5.41) is 3.64. The minimum atomic E-state index is 0.724. The SMILES string of the molecule is C=CC(CC)CCCNCCC1C(CCC)C[C@@H]1C. The molecule has 0 heterocycles. The molecule has 1 aliphatic rings. The molecule has 0 aliphatic heterocycles. The zero-order valence-corrected chi connectivity index (χ0v) is 13.5. The molecule has 0 aromatic carbocycles. The maximum absolute atomic E-state index is 3.90. The van der Waals surface area contributed by atoms with E-state index in [4.69, 9.17) is 0 Å². The second kappa shape index (κ2) is 9.58. The normalized spacial score (nSPS) is 27.8. The first-order valence-corrected chi connectivity index (χ1v) is 8.56. The van der Waals surface area contributed by atoms with E-state index in [9.17, 15) is 0 Å². The summed E-state index contributed by atoms with van der Waals surface area (Å²) in [5.41, 5.74) is 0. The lowest BCUT2D eigenvalue weighted by molar-refractivity contribution is 0.0694. The van der Waals surface area contributed by atoms with E-state index in [0.29, 0.717) is 0 Å². The Bertz CT molecular complexity index is 234. The molecule has 1 nitrogen and oxygen atoms in total. The van der Waals surface area contributed by atoms with Gasteiger partial charge in [0.1, 0.15) is 0 Å². The van der Waals surface area contributed by atoms with Crippen LogP contribution in [-0.2, 0) is 0 Å². The predicted octanol–water partition coefficient (Wildman–Crippen LogP) is 5.03. The fourth-order valence-electron chi connectivity index (χ4n) is 3.69. The van der Waals surface area contributed by atoms with Gasteiger partial charge in [0.05, 0.1) is 0 Å². The van der Waals surface area contributed by atoms with Gasteiger partial charge in [-0.05, 0) is 68.9 Å². The summed E-state index contributed by atoms with van der Waals surface area (Å²) in [4.78, 5) is 0. The molecule has 1 saturated carbocycles. The van der Waals surface area contributed by atoms with Gasteiger partial charge in [-0.1, -0.05) is 39.7 Å². The molecule has 1 fully saturated rings. The lowest BCUT2D eigenvalue weighted by Gasteiger charge is -2.43. The second-order valence-electron chi connectivity index (χ2n) is 6.51. The molecule has 0 aromatic heterocycles. The average molecular weight is 265 g/mol. The van der Waals surface area contributed by atoms with Crippen LogP contribution in [0.4, 0.5) is 0 Å². The molecular weight excluding hydrogens is 230 g/mol. The van der Waals surface area contributed by atoms with Gasteiger partial charge in [-0.25, -0.2) is 0 Å². The van der Waals surface area contributed by atoms with E-state index in [1.54, 1.807) is 0 Å². The third-order valence-corrected chi connectivity index (χ3v) is 5.11. The largest absolute Gasteiger partial charge is 0.317 e. The third-order valence-electron chi connectivity index (χ3n) is 5.11. The average Bonchev–Trinajstić information content (AvgIpc) is 2.41. The monoisotopic (exact) mass is 265 g/mol. The molecule has 19 heavy (non-hydrogen) atoms. The van der Waals surface area contributed by atoms with E-state index in [0.717, 1.165) is 23.7 Å². The van der Waals surface area contributed by atoms with Gasteiger partial charge in [0.15, 0.2) is 0 Å². The van der Waals surface area contributed by atoms with E-state index in [-0.39, 0.29) is 0 Å². The molecule has 0 aromatic rings. The molecule has 112 valence electrons. The molecule has 0 saturated heterocycles. The van der Waals surface area contributed by atoms with E-state index >= 15 is 0 Å². The number of hydrogen-bond acceptors (Lipinski definition) is 1. The Morgan fingerprint density at radius 3 is 2.63 bits per heavy atom. The molecule has 3 unspecified atom stereocenters. The van der Waals surface area contributed by atoms with E-state index in [2.05, 4.69) is 38.7 Å². The van der Waals surface area contributed by atoms with Crippen LogP contribution in [0.3, 0.4) is 0 Å². The highest BCUT2D eigenvalue weighted by atomic mass is 14.8. The zero-order valence-electron chi connectivity index (χ0n) is 13.5. The van der Waals surface area contributed by atoms with Crippen LogP contribution in [0.15, 0.2) is 12.7 Å². The van der Waals surface area contributed by atoms with Crippen molar-refractivity contribution in [2.45, 2.75) is 65.7 Å². The highest BCUT2D eigenvalue weighted by molar-refractivity contribution is 4.86. The maximum Gasteiger partial charge on any atom is -0.00461 e. The van der Waals surface area contributed by atoms with Crippen molar-refractivity contribution in [2.24, 2.45) is 23.7 Å². The van der Waals surface area contributed by atoms with Crippen LogP contribution < -0.4 is 5.32 Å². The van der Waals surface area contributed by atoms with E-state index in [1.807, 2.05) is 0 Å². The van der Waals surface area contributed by atoms with Crippen LogP contribution in [0, 0.1) is 23.7 Å². The van der Waals surface area contributed by atoms with Crippen LogP contribution in [0.5, 0.6) is 0 Å². The number of nitrogens with one attached hydrogen (secondary N) is 1. The number of hydrogen-bond donors (Lipinski definition) is 1. The first-order chi connectivity index (χ1) is 9.22. The molecule has 1 rings (SSSR count). The molecule has 0 bridgehead atoms. The molecular formula is C18H35N. The zero-order chi connectivity index (χ0) is 14.1. The van der Waals surface area contributed by atoms with Gasteiger partial charge in [-0.3, -0.25) is 0 Å². The summed E-state index contributed by atoms with van der Waals surface area (Å²) in [5.74, 6) is 3.74. The Kier molecular flexibility index (Phi) is 8.45. The Balaban J connectivity index is 2.00. The Morgan fingerprint density at radius 1 is 1.26 bits per heavy atom. The second-order valence-corrected chi connectivity index (χ2v) is 6.51. The van der Waals surface area contributed by atoms with Crippen molar-refractivity contribution >= 4 is 0 Å². The van der Waals surface area contributed by atoms with Crippen molar-refractivity contribution in [3.63, 3.8) is 0 Å². The Morgan fingerprint density at radius 2 is 2.05 bits per heavy atom. The van der Waals surface area contributed by atoms with Crippen molar-refractivity contribution < 1.29 is 0 Å². The number of rotatable bonds is 11. The summed E-state index contributed by atoms with van der Waals surface area (Å²) in [7, 11) is 0. The molecule has 0 amide bonds. The lowest BCUT2D eigenvalue weighted by atomic mass is 9.63. The fourth-order valence-corrected chi connectivity index (χ4v) is 3.69. The minimum Gasteiger partial charge on any atom is -0.317 e. The van der Waals surface area contributed by atoms with Crippen molar-refractivity contribution in [1.29, 1.82) is 0 Å². The molecule has 1 aliphatic carbocycles. The summed E-state index contributed by atoms with van der Waals surface area (Å²) >= 11 is 0. The highest BCUT2D eigenvalue weighted by Gasteiger charge is 2.36. The Hall–Kier alpha value is -0.300. The van der Waals surface area contributed by atoms with Gasteiger partial charge < -0.3 is 5.32 Å². The highest BCUT2D eigenvalue weighted by Crippen LogP contribution is 2.44. The van der Waals surface area contributed by atoms with Crippen LogP contribution in [-0.4, -0.2) is 13.1 Å². The van der Waals surface area contributed by atoms with Crippen LogP contribution in [0.1, 0.15) is 65.7 Å². The Labute approximate surface area is 121 Å². The van der Waals surface area contributed by atoms with Gasteiger partial charge in [-0.15, -0.1) is 6.58 Å². The van der Waals surface area contributed by atoms with Crippen LogP contribution >= 0.6 is 0 Å². The van der Waals surface area contributed by atoms with Gasteiger partial charge in [0, 0.05) is 0 Å². The standard InChI is InChI=1S/C18H35N/c1-5-9-17-14-15(4)18(17)11-13-19-12-8-10-16(6-2)7-3/h6,15-19H,2,5,7-14H2,1,3-4H3/t15-,16?,17?,18?/m0/s1. The molecule has 1 N–H and O–H groups in total. The van der Waals surface area contributed by atoms with Gasteiger partial charge >= 0.3 is 0 Å². The van der Waals surface area contributed by atoms with Gasteiger partial charge in [0.25, 0.3) is 0 Å². The van der Waals surface area contributed by atoms with Crippen molar-refractivity contribution in [1.82, 2.24) is 5.32 Å². The van der Waals surface area contributed by atoms with Gasteiger partial charge in [-0.2, -0.15) is 0 Å². The molecule has 1 heteroatoms. The van der Waals surface area contributed by atoms with E-state index in [1.165, 1.54) is 58.0 Å². The topological polar surface area (TPSA) is 12.0 Å². The first-order valence-electron chi connectivity index (χ1n) is 8.56. The molecule has 0 spiro atoms. The fraction of sp³-hybridized carbons (Fsp3) is 0.889. The summed E-state index contributed by atoms with van der Waals surface area (Å²) < 4.78 is 0. The maximum atomic E-state index is 3.90. The summed E-state index contributed by atoms with van der Waals surface area (Å²) in [6.07, 6.45) is 11.6. The minimum absolute atomic E-state index is 0.724. The third kappa shape index (κ3) is 5.69. The predicted molar refractivity (Wildman–Crippen MR) is 86.4 cm³/mol. The van der Waals surface area contributed by atoms with Crippen molar-refractivity contribution in [3.8, 4) is 0 Å². The van der Waals surface area contributed by atoms with E-state index < -0.39 is 0 Å². The van der Waals surface area contributed by atoms with Crippen molar-refractivity contribution in [3.05, 3.63) is 12.7 Å². The summed E-state index contributed by atoms with van der Waals surface area (Å²) in [6.45, 7) is 13.3. The molecule has 4 atom stereocenters. The number of allylic oxidation sites excluding steroid dienone is 1.